The molecule has 4 rings (SSSR count). The lowest BCUT2D eigenvalue weighted by molar-refractivity contribution is 0.0935. The fraction of sp³-hybridized carbons (Fsp3) is 0.500. The average Bonchev–Trinajstić information content (AvgIpc) is 3.15. The molecule has 0 aliphatic carbocycles. The third-order valence-corrected chi connectivity index (χ3v) is 5.55. The maximum atomic E-state index is 12.9. The zero-order chi connectivity index (χ0) is 17.6. The Morgan fingerprint density at radius 2 is 2.08 bits per heavy atom. The van der Waals surface area contributed by atoms with E-state index in [0.717, 1.165) is 30.4 Å². The van der Waals surface area contributed by atoms with Gasteiger partial charge in [0.1, 0.15) is 5.56 Å². The molecule has 0 saturated carbocycles. The quantitative estimate of drug-likeness (QED) is 0.935. The van der Waals surface area contributed by atoms with Crippen LogP contribution in [0.4, 0.5) is 0 Å². The van der Waals surface area contributed by atoms with Crippen LogP contribution < -0.4 is 10.9 Å². The van der Waals surface area contributed by atoms with Gasteiger partial charge in [0.05, 0.1) is 5.52 Å². The first-order valence-electron chi connectivity index (χ1n) is 9.24. The predicted octanol–water partition coefficient (Wildman–Crippen LogP) is 2.55. The fourth-order valence-corrected chi connectivity index (χ4v) is 4.42. The standard InChI is InChI=1S/C20H25N3O2/c1-13(2)23-18-8-4-3-6-14(18)10-17(20(23)25)19(24)21-15-11-16-7-5-9-22(16)12-15/h3-4,6,8,10,13,15-16H,5,7,9,11-12H2,1-2H3,(H,21,24). The summed E-state index contributed by atoms with van der Waals surface area (Å²) in [4.78, 5) is 28.2. The summed E-state index contributed by atoms with van der Waals surface area (Å²) >= 11 is 0. The van der Waals surface area contributed by atoms with Gasteiger partial charge in [-0.2, -0.15) is 0 Å². The lowest BCUT2D eigenvalue weighted by Crippen LogP contribution is -2.40. The Bertz CT molecular complexity index is 859. The molecule has 5 heteroatoms. The predicted molar refractivity (Wildman–Crippen MR) is 99.1 cm³/mol. The Morgan fingerprint density at radius 3 is 2.84 bits per heavy atom. The van der Waals surface area contributed by atoms with Gasteiger partial charge in [0, 0.05) is 24.7 Å². The topological polar surface area (TPSA) is 54.3 Å². The van der Waals surface area contributed by atoms with Crippen LogP contribution in [0.3, 0.4) is 0 Å². The second-order valence-electron chi connectivity index (χ2n) is 7.58. The lowest BCUT2D eigenvalue weighted by atomic mass is 10.1. The van der Waals surface area contributed by atoms with E-state index >= 15 is 0 Å². The van der Waals surface area contributed by atoms with Crippen molar-refractivity contribution in [1.29, 1.82) is 0 Å². The van der Waals surface area contributed by atoms with Gasteiger partial charge in [-0.15, -0.1) is 0 Å². The normalized spacial score (nSPS) is 23.3. The number of pyridine rings is 1. The molecule has 0 spiro atoms. The van der Waals surface area contributed by atoms with Crippen molar-refractivity contribution in [3.63, 3.8) is 0 Å². The average molecular weight is 339 g/mol. The largest absolute Gasteiger partial charge is 0.348 e. The monoisotopic (exact) mass is 339 g/mol. The zero-order valence-electron chi connectivity index (χ0n) is 14.9. The maximum Gasteiger partial charge on any atom is 0.264 e. The minimum Gasteiger partial charge on any atom is -0.348 e. The third-order valence-electron chi connectivity index (χ3n) is 5.55. The highest BCUT2D eigenvalue weighted by atomic mass is 16.2. The number of rotatable bonds is 3. The molecule has 2 atom stereocenters. The molecule has 0 bridgehead atoms. The van der Waals surface area contributed by atoms with E-state index in [1.807, 2.05) is 38.1 Å². The Balaban J connectivity index is 1.65. The molecule has 2 unspecified atom stereocenters. The SMILES string of the molecule is CC(C)n1c(=O)c(C(=O)NC2CC3CCCN3C2)cc2ccccc21. The van der Waals surface area contributed by atoms with Crippen LogP contribution in [-0.4, -0.2) is 40.5 Å². The first kappa shape index (κ1) is 16.3. The summed E-state index contributed by atoms with van der Waals surface area (Å²) < 4.78 is 1.72. The van der Waals surface area contributed by atoms with Crippen LogP contribution in [0, 0.1) is 0 Å². The number of nitrogens with one attached hydrogen (secondary N) is 1. The van der Waals surface area contributed by atoms with Crippen molar-refractivity contribution >= 4 is 16.8 Å². The van der Waals surface area contributed by atoms with Crippen molar-refractivity contribution in [1.82, 2.24) is 14.8 Å². The minimum atomic E-state index is -0.240. The van der Waals surface area contributed by atoms with Crippen LogP contribution in [0.1, 0.15) is 49.5 Å². The van der Waals surface area contributed by atoms with Gasteiger partial charge in [0.25, 0.3) is 11.5 Å². The van der Waals surface area contributed by atoms with Crippen molar-refractivity contribution in [2.45, 2.75) is 51.2 Å². The first-order valence-corrected chi connectivity index (χ1v) is 9.24. The van der Waals surface area contributed by atoms with E-state index in [9.17, 15) is 9.59 Å². The van der Waals surface area contributed by atoms with E-state index in [0.29, 0.717) is 6.04 Å². The Labute approximate surface area is 147 Å². The van der Waals surface area contributed by atoms with E-state index < -0.39 is 0 Å². The molecular weight excluding hydrogens is 314 g/mol. The van der Waals surface area contributed by atoms with Gasteiger partial charge in [-0.25, -0.2) is 0 Å². The Morgan fingerprint density at radius 1 is 1.28 bits per heavy atom. The van der Waals surface area contributed by atoms with Crippen molar-refractivity contribution in [3.05, 3.63) is 46.2 Å². The van der Waals surface area contributed by atoms with Gasteiger partial charge >= 0.3 is 0 Å². The fourth-order valence-electron chi connectivity index (χ4n) is 4.42. The molecule has 2 aliphatic heterocycles. The summed E-state index contributed by atoms with van der Waals surface area (Å²) in [7, 11) is 0. The molecule has 1 aromatic carbocycles. The molecule has 3 heterocycles. The summed E-state index contributed by atoms with van der Waals surface area (Å²) in [5.74, 6) is -0.240. The minimum absolute atomic E-state index is 0.00194. The van der Waals surface area contributed by atoms with Gasteiger partial charge in [-0.3, -0.25) is 14.5 Å². The molecule has 1 amide bonds. The molecular formula is C20H25N3O2. The summed E-state index contributed by atoms with van der Waals surface area (Å²) in [6, 6.07) is 10.2. The molecule has 2 saturated heterocycles. The number of benzene rings is 1. The van der Waals surface area contributed by atoms with E-state index in [2.05, 4.69) is 10.2 Å². The van der Waals surface area contributed by atoms with Crippen LogP contribution in [0.5, 0.6) is 0 Å². The van der Waals surface area contributed by atoms with Crippen molar-refractivity contribution < 1.29 is 4.79 Å². The molecule has 0 radical (unpaired) electrons. The highest BCUT2D eigenvalue weighted by Gasteiger charge is 2.36. The lowest BCUT2D eigenvalue weighted by Gasteiger charge is -2.17. The third kappa shape index (κ3) is 2.86. The van der Waals surface area contributed by atoms with Crippen molar-refractivity contribution in [3.8, 4) is 0 Å². The number of fused-ring (bicyclic) bond motifs is 2. The molecule has 1 N–H and O–H groups in total. The number of nitrogens with zero attached hydrogens (tertiary/aromatic N) is 2. The van der Waals surface area contributed by atoms with E-state index in [1.165, 1.54) is 12.8 Å². The highest BCUT2D eigenvalue weighted by molar-refractivity contribution is 5.97. The molecule has 2 aromatic rings. The van der Waals surface area contributed by atoms with E-state index in [4.69, 9.17) is 0 Å². The van der Waals surface area contributed by atoms with Crippen LogP contribution >= 0.6 is 0 Å². The number of para-hydroxylation sites is 1. The van der Waals surface area contributed by atoms with E-state index in [-0.39, 0.29) is 29.1 Å². The number of amides is 1. The van der Waals surface area contributed by atoms with Gasteiger partial charge in [0.2, 0.25) is 0 Å². The molecule has 2 aliphatic rings. The maximum absolute atomic E-state index is 12.9. The Kier molecular flexibility index (Phi) is 4.12. The van der Waals surface area contributed by atoms with Crippen molar-refractivity contribution in [2.24, 2.45) is 0 Å². The summed E-state index contributed by atoms with van der Waals surface area (Å²) in [5, 5.41) is 4.03. The van der Waals surface area contributed by atoms with Crippen LogP contribution in [0.15, 0.2) is 35.1 Å². The summed E-state index contributed by atoms with van der Waals surface area (Å²) in [6.45, 7) is 5.98. The molecule has 5 nitrogen and oxygen atoms in total. The summed E-state index contributed by atoms with van der Waals surface area (Å²) in [5.41, 5.74) is 0.921. The molecule has 2 fully saturated rings. The highest BCUT2D eigenvalue weighted by Crippen LogP contribution is 2.27. The number of hydrogen-bond acceptors (Lipinski definition) is 3. The van der Waals surface area contributed by atoms with Crippen LogP contribution in [0.25, 0.3) is 10.9 Å². The molecule has 25 heavy (non-hydrogen) atoms. The first-order chi connectivity index (χ1) is 12.0. The van der Waals surface area contributed by atoms with Gasteiger partial charge in [0.15, 0.2) is 0 Å². The summed E-state index contributed by atoms with van der Waals surface area (Å²) in [6.07, 6.45) is 3.48. The van der Waals surface area contributed by atoms with Crippen LogP contribution in [0.2, 0.25) is 0 Å². The number of carbonyl (C=O) groups excluding carboxylic acids is 1. The number of hydrogen-bond donors (Lipinski definition) is 1. The zero-order valence-corrected chi connectivity index (χ0v) is 14.9. The number of carbonyl (C=O) groups is 1. The number of aromatic nitrogens is 1. The van der Waals surface area contributed by atoms with Gasteiger partial charge < -0.3 is 9.88 Å². The van der Waals surface area contributed by atoms with Crippen molar-refractivity contribution in [2.75, 3.05) is 13.1 Å². The second kappa shape index (κ2) is 6.30. The second-order valence-corrected chi connectivity index (χ2v) is 7.58. The Hall–Kier alpha value is -2.14. The van der Waals surface area contributed by atoms with Crippen LogP contribution in [-0.2, 0) is 0 Å². The smallest absolute Gasteiger partial charge is 0.264 e. The molecule has 132 valence electrons. The van der Waals surface area contributed by atoms with Gasteiger partial charge in [-0.05, 0) is 57.2 Å². The van der Waals surface area contributed by atoms with Gasteiger partial charge in [-0.1, -0.05) is 18.2 Å². The molecule has 1 aromatic heterocycles. The van der Waals surface area contributed by atoms with E-state index in [1.54, 1.807) is 10.6 Å².